The highest BCUT2D eigenvalue weighted by Crippen LogP contribution is 2.21. The number of aryl methyl sites for hydroxylation is 1. The standard InChI is InChI=1S/C28H38N2O5/c1-5-22-7-10-25(29-17-22)13-14-34-26-11-8-23(9-12-26)15-24(28(32)33-6-2)16-27(31)30-18-20(3)35-21(4)19-30/h7-12,17,20-21,24H,5-6,13-16,18-19H2,1-4H3/t20-,21+,24?. The van der Waals surface area contributed by atoms with Crippen LogP contribution in [0.1, 0.15) is 50.9 Å². The molecular weight excluding hydrogens is 444 g/mol. The number of hydrogen-bond donors (Lipinski definition) is 0. The molecule has 1 aromatic heterocycles. The van der Waals surface area contributed by atoms with Gasteiger partial charge in [0.15, 0.2) is 0 Å². The Morgan fingerprint density at radius 1 is 1.06 bits per heavy atom. The Bertz CT molecular complexity index is 935. The van der Waals surface area contributed by atoms with Gasteiger partial charge < -0.3 is 19.1 Å². The molecule has 0 radical (unpaired) electrons. The predicted octanol–water partition coefficient (Wildman–Crippen LogP) is 4.01. The van der Waals surface area contributed by atoms with Crippen LogP contribution >= 0.6 is 0 Å². The normalized spacial score (nSPS) is 18.7. The fourth-order valence-electron chi connectivity index (χ4n) is 4.31. The summed E-state index contributed by atoms with van der Waals surface area (Å²) in [6.45, 7) is 9.73. The molecule has 2 aromatic rings. The average Bonchev–Trinajstić information content (AvgIpc) is 2.84. The maximum atomic E-state index is 13.0. The summed E-state index contributed by atoms with van der Waals surface area (Å²) < 4.78 is 16.9. The molecule has 2 heterocycles. The maximum absolute atomic E-state index is 13.0. The highest BCUT2D eigenvalue weighted by Gasteiger charge is 2.30. The second kappa shape index (κ2) is 13.2. The summed E-state index contributed by atoms with van der Waals surface area (Å²) in [5, 5.41) is 0. The number of rotatable bonds is 11. The number of morpholine rings is 1. The molecule has 1 unspecified atom stereocenters. The minimum absolute atomic E-state index is 0.0113. The first kappa shape index (κ1) is 26.7. The van der Waals surface area contributed by atoms with E-state index in [-0.39, 0.29) is 37.1 Å². The average molecular weight is 483 g/mol. The fraction of sp³-hybridized carbons (Fsp3) is 0.536. The third kappa shape index (κ3) is 8.35. The fourth-order valence-corrected chi connectivity index (χ4v) is 4.31. The van der Waals surface area contributed by atoms with Crippen molar-refractivity contribution in [3.8, 4) is 5.75 Å². The lowest BCUT2D eigenvalue weighted by Crippen LogP contribution is -2.48. The smallest absolute Gasteiger partial charge is 0.309 e. The summed E-state index contributed by atoms with van der Waals surface area (Å²) in [4.78, 5) is 31.9. The summed E-state index contributed by atoms with van der Waals surface area (Å²) in [6.07, 6.45) is 4.17. The summed E-state index contributed by atoms with van der Waals surface area (Å²) >= 11 is 0. The summed E-state index contributed by atoms with van der Waals surface area (Å²) in [7, 11) is 0. The molecule has 7 heteroatoms. The molecule has 3 atom stereocenters. The lowest BCUT2D eigenvalue weighted by Gasteiger charge is -2.35. The number of carbonyl (C=O) groups is 2. The van der Waals surface area contributed by atoms with Crippen LogP contribution in [0.2, 0.25) is 0 Å². The van der Waals surface area contributed by atoms with Gasteiger partial charge in [-0.1, -0.05) is 25.1 Å². The molecule has 0 N–H and O–H groups in total. The van der Waals surface area contributed by atoms with Crippen LogP contribution in [-0.2, 0) is 38.3 Å². The maximum Gasteiger partial charge on any atom is 0.309 e. The second-order valence-electron chi connectivity index (χ2n) is 9.17. The molecule has 1 saturated heterocycles. The molecule has 0 spiro atoms. The predicted molar refractivity (Wildman–Crippen MR) is 134 cm³/mol. The van der Waals surface area contributed by atoms with Crippen LogP contribution in [0.3, 0.4) is 0 Å². The van der Waals surface area contributed by atoms with Gasteiger partial charge in [0.1, 0.15) is 5.75 Å². The number of carbonyl (C=O) groups excluding carboxylic acids is 2. The molecule has 7 nitrogen and oxygen atoms in total. The third-order valence-electron chi connectivity index (χ3n) is 6.14. The van der Waals surface area contributed by atoms with Crippen LogP contribution in [0.5, 0.6) is 5.75 Å². The first-order valence-corrected chi connectivity index (χ1v) is 12.6. The zero-order valence-electron chi connectivity index (χ0n) is 21.4. The van der Waals surface area contributed by atoms with Gasteiger partial charge in [-0.2, -0.15) is 0 Å². The molecule has 1 fully saturated rings. The summed E-state index contributed by atoms with van der Waals surface area (Å²) in [6, 6.07) is 11.8. The lowest BCUT2D eigenvalue weighted by molar-refractivity contribution is -0.153. The molecule has 1 aliphatic rings. The van der Waals surface area contributed by atoms with Crippen LogP contribution < -0.4 is 4.74 Å². The molecule has 1 aromatic carbocycles. The van der Waals surface area contributed by atoms with Crippen LogP contribution in [0.4, 0.5) is 0 Å². The lowest BCUT2D eigenvalue weighted by atomic mass is 9.95. The number of ether oxygens (including phenoxy) is 3. The van der Waals surface area contributed by atoms with E-state index in [4.69, 9.17) is 14.2 Å². The summed E-state index contributed by atoms with van der Waals surface area (Å²) in [5.41, 5.74) is 3.19. The van der Waals surface area contributed by atoms with Gasteiger partial charge in [-0.25, -0.2) is 0 Å². The van der Waals surface area contributed by atoms with Gasteiger partial charge in [0, 0.05) is 37.8 Å². The molecule has 0 aliphatic carbocycles. The van der Waals surface area contributed by atoms with Crippen LogP contribution in [0.25, 0.3) is 0 Å². The van der Waals surface area contributed by atoms with E-state index < -0.39 is 5.92 Å². The van der Waals surface area contributed by atoms with Crippen molar-refractivity contribution in [2.24, 2.45) is 5.92 Å². The largest absolute Gasteiger partial charge is 0.493 e. The Morgan fingerprint density at radius 3 is 2.34 bits per heavy atom. The first-order chi connectivity index (χ1) is 16.9. The van der Waals surface area contributed by atoms with Gasteiger partial charge >= 0.3 is 5.97 Å². The number of nitrogens with zero attached hydrogens (tertiary/aromatic N) is 2. The van der Waals surface area contributed by atoms with Crippen molar-refractivity contribution in [3.05, 3.63) is 59.4 Å². The SMILES string of the molecule is CCOC(=O)C(CC(=O)N1C[C@@H](C)O[C@@H](C)C1)Cc1ccc(OCCc2ccc(CC)cn2)cc1. The number of aromatic nitrogens is 1. The molecule has 35 heavy (non-hydrogen) atoms. The van der Waals surface area contributed by atoms with E-state index in [1.54, 1.807) is 11.8 Å². The molecule has 1 amide bonds. The van der Waals surface area contributed by atoms with Crippen LogP contribution in [0.15, 0.2) is 42.6 Å². The molecule has 1 aliphatic heterocycles. The number of amides is 1. The molecule has 0 saturated carbocycles. The highest BCUT2D eigenvalue weighted by molar-refractivity contribution is 5.83. The molecular formula is C28H38N2O5. The van der Waals surface area contributed by atoms with E-state index >= 15 is 0 Å². The van der Waals surface area contributed by atoms with E-state index in [1.807, 2.05) is 50.4 Å². The van der Waals surface area contributed by atoms with Gasteiger partial charge in [0.2, 0.25) is 5.91 Å². The van der Waals surface area contributed by atoms with Gasteiger partial charge in [-0.15, -0.1) is 0 Å². The van der Waals surface area contributed by atoms with Gasteiger partial charge in [-0.05, 0) is 62.9 Å². The molecule has 190 valence electrons. The number of benzene rings is 1. The number of hydrogen-bond acceptors (Lipinski definition) is 6. The van der Waals surface area contributed by atoms with Crippen LogP contribution in [0, 0.1) is 5.92 Å². The van der Waals surface area contributed by atoms with E-state index in [0.717, 1.165) is 29.8 Å². The van der Waals surface area contributed by atoms with E-state index in [1.165, 1.54) is 5.56 Å². The third-order valence-corrected chi connectivity index (χ3v) is 6.14. The second-order valence-corrected chi connectivity index (χ2v) is 9.17. The number of pyridine rings is 1. The van der Waals surface area contributed by atoms with Gasteiger partial charge in [0.25, 0.3) is 0 Å². The quantitative estimate of drug-likeness (QED) is 0.451. The highest BCUT2D eigenvalue weighted by atomic mass is 16.5. The Kier molecular flexibility index (Phi) is 10.1. The van der Waals surface area contributed by atoms with Crippen molar-refractivity contribution in [2.45, 2.75) is 65.6 Å². The van der Waals surface area contributed by atoms with Gasteiger partial charge in [-0.3, -0.25) is 14.6 Å². The minimum Gasteiger partial charge on any atom is -0.493 e. The number of esters is 1. The minimum atomic E-state index is -0.528. The van der Waals surface area contributed by atoms with Crippen molar-refractivity contribution in [1.82, 2.24) is 9.88 Å². The van der Waals surface area contributed by atoms with E-state index in [0.29, 0.717) is 26.1 Å². The van der Waals surface area contributed by atoms with E-state index in [9.17, 15) is 9.59 Å². The van der Waals surface area contributed by atoms with Gasteiger partial charge in [0.05, 0.1) is 31.3 Å². The van der Waals surface area contributed by atoms with Crippen molar-refractivity contribution >= 4 is 11.9 Å². The monoisotopic (exact) mass is 482 g/mol. The van der Waals surface area contributed by atoms with Crippen LogP contribution in [-0.4, -0.2) is 60.3 Å². The van der Waals surface area contributed by atoms with Crippen molar-refractivity contribution in [2.75, 3.05) is 26.3 Å². The Morgan fingerprint density at radius 2 is 1.74 bits per heavy atom. The molecule has 0 bridgehead atoms. The zero-order chi connectivity index (χ0) is 25.2. The topological polar surface area (TPSA) is 78.0 Å². The zero-order valence-corrected chi connectivity index (χ0v) is 21.4. The Balaban J connectivity index is 1.54. The first-order valence-electron chi connectivity index (χ1n) is 12.6. The summed E-state index contributed by atoms with van der Waals surface area (Å²) in [5.74, 6) is -0.137. The van der Waals surface area contributed by atoms with Crippen molar-refractivity contribution < 1.29 is 23.8 Å². The Labute approximate surface area is 208 Å². The van der Waals surface area contributed by atoms with Crippen molar-refractivity contribution in [3.63, 3.8) is 0 Å². The molecule has 3 rings (SSSR count). The van der Waals surface area contributed by atoms with Crippen molar-refractivity contribution in [1.29, 1.82) is 0 Å². The van der Waals surface area contributed by atoms with E-state index in [2.05, 4.69) is 18.0 Å². The Hall–Kier alpha value is -2.93.